The number of halogens is 2. The van der Waals surface area contributed by atoms with Gasteiger partial charge in [0.1, 0.15) is 0 Å². The minimum atomic E-state index is 0.558. The highest BCUT2D eigenvalue weighted by molar-refractivity contribution is 6.21. The molecule has 0 saturated heterocycles. The number of hydrogen-bond donors (Lipinski definition) is 0. The zero-order valence-corrected chi connectivity index (χ0v) is 6.50. The van der Waals surface area contributed by atoms with Crippen molar-refractivity contribution < 1.29 is 4.74 Å². The molecule has 0 aliphatic carbocycles. The van der Waals surface area contributed by atoms with Crippen LogP contribution in [0.4, 0.5) is 0 Å². The van der Waals surface area contributed by atoms with E-state index in [0.717, 1.165) is 11.1 Å². The highest BCUT2D eigenvalue weighted by Gasteiger charge is 2.11. The van der Waals surface area contributed by atoms with E-state index in [4.69, 9.17) is 27.9 Å². The second-order valence-corrected chi connectivity index (χ2v) is 2.50. The molecule has 1 aliphatic heterocycles. The average Bonchev–Trinajstić information content (AvgIpc) is 2.33. The molecular weight excluding hydrogens is 159 g/mol. The Labute approximate surface area is 64.6 Å². The number of rotatable bonds is 2. The van der Waals surface area contributed by atoms with Gasteiger partial charge in [0.2, 0.25) is 0 Å². The molecule has 0 saturated carbocycles. The minimum absolute atomic E-state index is 0.558. The molecular formula is C6H8Cl2O. The lowest BCUT2D eigenvalue weighted by atomic mass is 10.2. The molecule has 0 fully saturated rings. The molecule has 1 aliphatic rings. The van der Waals surface area contributed by atoms with Crippen LogP contribution in [0.5, 0.6) is 0 Å². The van der Waals surface area contributed by atoms with Crippen LogP contribution < -0.4 is 0 Å². The minimum Gasteiger partial charge on any atom is -0.373 e. The van der Waals surface area contributed by atoms with Crippen molar-refractivity contribution in [3.05, 3.63) is 11.1 Å². The van der Waals surface area contributed by atoms with Crippen LogP contribution >= 0.6 is 23.2 Å². The van der Waals surface area contributed by atoms with Gasteiger partial charge in [0.15, 0.2) is 0 Å². The fraction of sp³-hybridized carbons (Fsp3) is 0.667. The first-order chi connectivity index (χ1) is 4.38. The third-order valence-corrected chi connectivity index (χ3v) is 2.02. The van der Waals surface area contributed by atoms with Crippen LogP contribution in [0, 0.1) is 0 Å². The molecule has 0 bridgehead atoms. The summed E-state index contributed by atoms with van der Waals surface area (Å²) < 4.78 is 5.11. The van der Waals surface area contributed by atoms with E-state index in [-0.39, 0.29) is 0 Å². The van der Waals surface area contributed by atoms with Gasteiger partial charge in [-0.25, -0.2) is 0 Å². The summed E-state index contributed by atoms with van der Waals surface area (Å²) in [6, 6.07) is 0. The van der Waals surface area contributed by atoms with Gasteiger partial charge < -0.3 is 4.74 Å². The van der Waals surface area contributed by atoms with E-state index < -0.39 is 0 Å². The van der Waals surface area contributed by atoms with Crippen LogP contribution in [0.15, 0.2) is 11.1 Å². The first-order valence-electron chi connectivity index (χ1n) is 2.78. The number of ether oxygens (including phenoxy) is 1. The average molecular weight is 167 g/mol. The molecule has 9 heavy (non-hydrogen) atoms. The fourth-order valence-electron chi connectivity index (χ4n) is 0.768. The summed E-state index contributed by atoms with van der Waals surface area (Å²) in [5, 5.41) is 0. The van der Waals surface area contributed by atoms with Gasteiger partial charge in [-0.15, -0.1) is 23.2 Å². The highest BCUT2D eigenvalue weighted by Crippen LogP contribution is 2.16. The highest BCUT2D eigenvalue weighted by atomic mass is 35.5. The molecule has 0 aromatic rings. The maximum Gasteiger partial charge on any atom is 0.0696 e. The van der Waals surface area contributed by atoms with E-state index in [1.54, 1.807) is 0 Å². The maximum absolute atomic E-state index is 5.58. The van der Waals surface area contributed by atoms with E-state index in [0.29, 0.717) is 25.0 Å². The smallest absolute Gasteiger partial charge is 0.0696 e. The van der Waals surface area contributed by atoms with Crippen molar-refractivity contribution in [2.75, 3.05) is 25.0 Å². The van der Waals surface area contributed by atoms with Gasteiger partial charge in [0, 0.05) is 11.8 Å². The Morgan fingerprint density at radius 1 is 1.11 bits per heavy atom. The zero-order valence-electron chi connectivity index (χ0n) is 4.99. The summed E-state index contributed by atoms with van der Waals surface area (Å²) in [5.41, 5.74) is 2.32. The Balaban J connectivity index is 2.59. The lowest BCUT2D eigenvalue weighted by molar-refractivity contribution is 0.205. The van der Waals surface area contributed by atoms with Gasteiger partial charge in [0.25, 0.3) is 0 Å². The Hall–Kier alpha value is 0.280. The molecule has 1 nitrogen and oxygen atoms in total. The molecule has 1 rings (SSSR count). The summed E-state index contributed by atoms with van der Waals surface area (Å²) in [7, 11) is 0. The van der Waals surface area contributed by atoms with Crippen LogP contribution in [-0.2, 0) is 4.74 Å². The zero-order chi connectivity index (χ0) is 6.69. The maximum atomic E-state index is 5.58. The first kappa shape index (κ1) is 7.39. The van der Waals surface area contributed by atoms with Crippen molar-refractivity contribution >= 4 is 23.2 Å². The summed E-state index contributed by atoms with van der Waals surface area (Å²) >= 11 is 11.2. The van der Waals surface area contributed by atoms with Crippen molar-refractivity contribution in [1.82, 2.24) is 0 Å². The van der Waals surface area contributed by atoms with Crippen molar-refractivity contribution in [2.45, 2.75) is 0 Å². The lowest BCUT2D eigenvalue weighted by Crippen LogP contribution is -1.90. The van der Waals surface area contributed by atoms with Crippen molar-refractivity contribution in [3.63, 3.8) is 0 Å². The fourth-order valence-corrected chi connectivity index (χ4v) is 1.30. The SMILES string of the molecule is ClCC1=C(CCl)COC1. The lowest BCUT2D eigenvalue weighted by Gasteiger charge is -1.93. The third kappa shape index (κ3) is 1.60. The molecule has 0 atom stereocenters. The summed E-state index contributed by atoms with van der Waals surface area (Å²) in [6.45, 7) is 1.34. The van der Waals surface area contributed by atoms with Crippen LogP contribution in [0.3, 0.4) is 0 Å². The molecule has 1 heterocycles. The quantitative estimate of drug-likeness (QED) is 0.450. The van der Waals surface area contributed by atoms with Gasteiger partial charge >= 0.3 is 0 Å². The predicted octanol–water partition coefficient (Wildman–Crippen LogP) is 1.79. The molecule has 0 aromatic carbocycles. The monoisotopic (exact) mass is 166 g/mol. The second-order valence-electron chi connectivity index (χ2n) is 1.97. The Morgan fingerprint density at radius 2 is 1.56 bits per heavy atom. The largest absolute Gasteiger partial charge is 0.373 e. The van der Waals surface area contributed by atoms with Gasteiger partial charge in [-0.2, -0.15) is 0 Å². The summed E-state index contributed by atoms with van der Waals surface area (Å²) in [6.07, 6.45) is 0. The van der Waals surface area contributed by atoms with Crippen LogP contribution in [0.2, 0.25) is 0 Å². The van der Waals surface area contributed by atoms with Crippen LogP contribution in [0.25, 0.3) is 0 Å². The summed E-state index contributed by atoms with van der Waals surface area (Å²) in [4.78, 5) is 0. The number of alkyl halides is 2. The second kappa shape index (κ2) is 3.45. The van der Waals surface area contributed by atoms with Crippen LogP contribution in [-0.4, -0.2) is 25.0 Å². The third-order valence-electron chi connectivity index (χ3n) is 1.38. The first-order valence-corrected chi connectivity index (χ1v) is 3.85. The standard InChI is InChI=1S/C6H8Cl2O/c7-1-5-3-9-4-6(5)2-8/h1-4H2. The molecule has 3 heteroatoms. The molecule has 0 N–H and O–H groups in total. The van der Waals surface area contributed by atoms with Gasteiger partial charge in [-0.1, -0.05) is 0 Å². The summed E-state index contributed by atoms with van der Waals surface area (Å²) in [5.74, 6) is 1.12. The van der Waals surface area contributed by atoms with E-state index in [1.165, 1.54) is 0 Å². The Morgan fingerprint density at radius 3 is 1.89 bits per heavy atom. The Bertz CT molecular complexity index is 117. The van der Waals surface area contributed by atoms with E-state index in [1.807, 2.05) is 0 Å². The molecule has 0 unspecified atom stereocenters. The van der Waals surface area contributed by atoms with E-state index in [9.17, 15) is 0 Å². The molecule has 0 aromatic heterocycles. The molecule has 0 amide bonds. The molecule has 52 valence electrons. The van der Waals surface area contributed by atoms with Gasteiger partial charge in [-0.3, -0.25) is 0 Å². The van der Waals surface area contributed by atoms with Gasteiger partial charge in [-0.05, 0) is 11.1 Å². The Kier molecular flexibility index (Phi) is 2.83. The predicted molar refractivity (Wildman–Crippen MR) is 39.3 cm³/mol. The van der Waals surface area contributed by atoms with Crippen LogP contribution in [0.1, 0.15) is 0 Å². The van der Waals surface area contributed by atoms with E-state index in [2.05, 4.69) is 0 Å². The van der Waals surface area contributed by atoms with Crippen molar-refractivity contribution in [2.24, 2.45) is 0 Å². The molecule has 0 radical (unpaired) electrons. The topological polar surface area (TPSA) is 9.23 Å². The van der Waals surface area contributed by atoms with Crippen molar-refractivity contribution in [3.8, 4) is 0 Å². The molecule has 0 spiro atoms. The number of hydrogen-bond acceptors (Lipinski definition) is 1. The normalized spacial score (nSPS) is 19.3. The van der Waals surface area contributed by atoms with Gasteiger partial charge in [0.05, 0.1) is 13.2 Å². The van der Waals surface area contributed by atoms with Crippen molar-refractivity contribution in [1.29, 1.82) is 0 Å². The van der Waals surface area contributed by atoms with E-state index >= 15 is 0 Å².